The monoisotopic (exact) mass is 435 g/mol. The van der Waals surface area contributed by atoms with Crippen molar-refractivity contribution in [3.8, 4) is 0 Å². The van der Waals surface area contributed by atoms with Crippen LogP contribution in [0.5, 0.6) is 0 Å². The van der Waals surface area contributed by atoms with Gasteiger partial charge in [0.1, 0.15) is 5.54 Å². The number of piperidine rings is 1. The van der Waals surface area contributed by atoms with Gasteiger partial charge in [0.25, 0.3) is 11.8 Å². The van der Waals surface area contributed by atoms with E-state index in [0.717, 1.165) is 7.57 Å². The Kier molecular flexibility index (Phi) is 3.83. The number of halogens is 2. The molecule has 1 aromatic heterocycles. The Morgan fingerprint density at radius 1 is 1.38 bits per heavy atom. The van der Waals surface area contributed by atoms with Gasteiger partial charge in [-0.3, -0.25) is 14.9 Å². The van der Waals surface area contributed by atoms with Crippen molar-refractivity contribution in [2.24, 2.45) is 0 Å². The second-order valence-electron chi connectivity index (χ2n) is 5.06. The summed E-state index contributed by atoms with van der Waals surface area (Å²) in [5, 5.41) is 4.91. The van der Waals surface area contributed by atoms with Crippen LogP contribution in [0.1, 0.15) is 23.2 Å². The fourth-order valence-corrected chi connectivity index (χ4v) is 5.48. The number of rotatable bonds is 1. The summed E-state index contributed by atoms with van der Waals surface area (Å²) < 4.78 is 1.61. The third-order valence-corrected chi connectivity index (χ3v) is 6.02. The topological polar surface area (TPSA) is 78.5 Å². The highest BCUT2D eigenvalue weighted by Gasteiger charge is 2.49. The highest BCUT2D eigenvalue weighted by atomic mass is 79.9. The number of nitrogens with zero attached hydrogens (tertiary/aromatic N) is 1. The van der Waals surface area contributed by atoms with Crippen LogP contribution in [0.4, 0.5) is 4.79 Å². The Balaban J connectivity index is 1.83. The third-order valence-electron chi connectivity index (χ3n) is 3.68. The van der Waals surface area contributed by atoms with E-state index in [-0.39, 0.29) is 18.4 Å². The maximum absolute atomic E-state index is 12.6. The molecule has 1 atom stereocenters. The summed E-state index contributed by atoms with van der Waals surface area (Å²) in [7, 11) is 0. The van der Waals surface area contributed by atoms with Gasteiger partial charge in [-0.05, 0) is 50.8 Å². The number of carbonyl (C=O) groups excluding carboxylic acids is 3. The lowest BCUT2D eigenvalue weighted by Crippen LogP contribution is -2.59. The van der Waals surface area contributed by atoms with E-state index >= 15 is 0 Å². The average molecular weight is 437 g/mol. The van der Waals surface area contributed by atoms with Gasteiger partial charge >= 0.3 is 6.03 Å². The number of hydrogen-bond donors (Lipinski definition) is 2. The van der Waals surface area contributed by atoms with Gasteiger partial charge in [-0.1, -0.05) is 0 Å². The molecule has 2 aliphatic rings. The van der Waals surface area contributed by atoms with E-state index < -0.39 is 11.6 Å². The van der Waals surface area contributed by atoms with Gasteiger partial charge in [0.15, 0.2) is 0 Å². The van der Waals surface area contributed by atoms with E-state index in [1.807, 2.05) is 0 Å². The largest absolute Gasteiger partial charge is 0.336 e. The Bertz CT molecular complexity index is 648. The first kappa shape index (κ1) is 15.0. The van der Waals surface area contributed by atoms with Gasteiger partial charge in [-0.2, -0.15) is 0 Å². The van der Waals surface area contributed by atoms with Crippen LogP contribution < -0.4 is 10.6 Å². The fourth-order valence-electron chi connectivity index (χ4n) is 2.70. The van der Waals surface area contributed by atoms with Crippen molar-refractivity contribution in [1.29, 1.82) is 0 Å². The summed E-state index contributed by atoms with van der Waals surface area (Å²) in [6.45, 7) is 0.771. The molecule has 2 N–H and O–H groups in total. The van der Waals surface area contributed by atoms with Crippen LogP contribution in [0.25, 0.3) is 0 Å². The molecule has 6 nitrogen and oxygen atoms in total. The summed E-state index contributed by atoms with van der Waals surface area (Å²) in [6.07, 6.45) is 1.21. The van der Waals surface area contributed by atoms with Crippen LogP contribution in [0.15, 0.2) is 13.6 Å². The molecule has 3 rings (SSSR count). The van der Waals surface area contributed by atoms with E-state index in [9.17, 15) is 14.4 Å². The summed E-state index contributed by atoms with van der Waals surface area (Å²) in [4.78, 5) is 37.6. The maximum Gasteiger partial charge on any atom is 0.322 e. The number of urea groups is 1. The van der Waals surface area contributed by atoms with E-state index in [1.165, 1.54) is 11.3 Å². The molecule has 2 fully saturated rings. The molecule has 0 radical (unpaired) electrons. The van der Waals surface area contributed by atoms with Crippen LogP contribution in [-0.4, -0.2) is 41.4 Å². The third kappa shape index (κ3) is 2.62. The average Bonchev–Trinajstić information content (AvgIpc) is 2.89. The molecule has 2 saturated heterocycles. The molecule has 3 heterocycles. The summed E-state index contributed by atoms with van der Waals surface area (Å²) >= 11 is 8.14. The number of hydrogen-bond acceptors (Lipinski definition) is 4. The van der Waals surface area contributed by atoms with Crippen molar-refractivity contribution >= 4 is 61.0 Å². The van der Waals surface area contributed by atoms with Crippen molar-refractivity contribution in [3.63, 3.8) is 0 Å². The predicted octanol–water partition coefficient (Wildman–Crippen LogP) is 2.09. The van der Waals surface area contributed by atoms with Gasteiger partial charge in [-0.25, -0.2) is 4.79 Å². The molecule has 2 aliphatic heterocycles. The summed E-state index contributed by atoms with van der Waals surface area (Å²) in [6, 6.07) is 1.26. The molecule has 1 aromatic rings. The Morgan fingerprint density at radius 3 is 2.71 bits per heavy atom. The molecule has 1 unspecified atom stereocenters. The van der Waals surface area contributed by atoms with Crippen LogP contribution in [0.3, 0.4) is 0 Å². The number of nitrogens with one attached hydrogen (secondary N) is 2. The molecule has 0 aromatic carbocycles. The second-order valence-corrected chi connectivity index (χ2v) is 8.81. The highest BCUT2D eigenvalue weighted by molar-refractivity contribution is 9.12. The van der Waals surface area contributed by atoms with Gasteiger partial charge < -0.3 is 10.2 Å². The second kappa shape index (κ2) is 5.36. The zero-order valence-corrected chi connectivity index (χ0v) is 14.7. The van der Waals surface area contributed by atoms with E-state index in [4.69, 9.17) is 0 Å². The van der Waals surface area contributed by atoms with Gasteiger partial charge in [-0.15, -0.1) is 11.3 Å². The smallest absolute Gasteiger partial charge is 0.322 e. The lowest BCUT2D eigenvalue weighted by atomic mass is 9.89. The van der Waals surface area contributed by atoms with E-state index in [1.54, 1.807) is 11.0 Å². The molecule has 21 heavy (non-hydrogen) atoms. The molecule has 0 bridgehead atoms. The van der Waals surface area contributed by atoms with Gasteiger partial charge in [0.05, 0.1) is 19.7 Å². The van der Waals surface area contributed by atoms with Crippen molar-refractivity contribution in [2.45, 2.75) is 18.4 Å². The Morgan fingerprint density at radius 2 is 2.14 bits per heavy atom. The highest BCUT2D eigenvalue weighted by Crippen LogP contribution is 2.34. The number of carbonyl (C=O) groups is 3. The van der Waals surface area contributed by atoms with E-state index in [0.29, 0.717) is 24.9 Å². The Labute approximate surface area is 141 Å². The minimum atomic E-state index is -0.981. The van der Waals surface area contributed by atoms with Crippen LogP contribution >= 0.6 is 43.2 Å². The molecular weight excluding hydrogens is 426 g/mol. The lowest BCUT2D eigenvalue weighted by Gasteiger charge is -2.37. The van der Waals surface area contributed by atoms with Crippen molar-refractivity contribution in [3.05, 3.63) is 19.2 Å². The van der Waals surface area contributed by atoms with E-state index in [2.05, 4.69) is 42.5 Å². The molecule has 0 aliphatic carbocycles. The van der Waals surface area contributed by atoms with Gasteiger partial charge in [0.2, 0.25) is 0 Å². The van der Waals surface area contributed by atoms with Crippen molar-refractivity contribution < 1.29 is 14.4 Å². The molecule has 112 valence electrons. The molecule has 9 heteroatoms. The van der Waals surface area contributed by atoms with Crippen molar-refractivity contribution in [1.82, 2.24) is 15.5 Å². The number of amides is 4. The molecular formula is C12H11Br2N3O3S. The van der Waals surface area contributed by atoms with Gasteiger partial charge in [0, 0.05) is 6.54 Å². The summed E-state index contributed by atoms with van der Waals surface area (Å²) in [5.41, 5.74) is -0.418. The predicted molar refractivity (Wildman–Crippen MR) is 84.3 cm³/mol. The maximum atomic E-state index is 12.6. The normalized spacial score (nSPS) is 25.1. The minimum absolute atomic E-state index is 0.142. The van der Waals surface area contributed by atoms with Crippen molar-refractivity contribution in [2.75, 3.05) is 13.1 Å². The fraction of sp³-hybridized carbons (Fsp3) is 0.417. The zero-order valence-electron chi connectivity index (χ0n) is 10.7. The van der Waals surface area contributed by atoms with Crippen LogP contribution in [0, 0.1) is 0 Å². The number of likely N-dealkylation sites (tertiary alicyclic amines) is 1. The zero-order chi connectivity index (χ0) is 15.2. The number of thiophene rings is 1. The first-order valence-electron chi connectivity index (χ1n) is 6.29. The molecule has 4 amide bonds. The summed E-state index contributed by atoms with van der Waals surface area (Å²) in [5.74, 6) is -0.493. The number of imide groups is 1. The molecule has 1 spiro atoms. The first-order chi connectivity index (χ1) is 9.91. The minimum Gasteiger partial charge on any atom is -0.336 e. The first-order valence-corrected chi connectivity index (χ1v) is 8.69. The van der Waals surface area contributed by atoms with Crippen LogP contribution in [-0.2, 0) is 4.79 Å². The standard InChI is InChI=1S/C12H11Br2N3O3S/c13-7-4-6(8(14)21-7)9(18)17-3-1-2-12(5-17)10(19)15-11(20)16-12/h4H,1-3,5H2,(H2,15,16,19,20). The Hall–Kier alpha value is -0.930. The van der Waals surface area contributed by atoms with Crippen LogP contribution in [0.2, 0.25) is 0 Å². The SMILES string of the molecule is O=C1NC(=O)C2(CCCN(C(=O)c3cc(Br)sc3Br)C2)N1. The lowest BCUT2D eigenvalue weighted by molar-refractivity contribution is -0.125. The quantitative estimate of drug-likeness (QED) is 0.661. The molecule has 0 saturated carbocycles.